The van der Waals surface area contributed by atoms with Gasteiger partial charge in [0.05, 0.1) is 11.1 Å². The Bertz CT molecular complexity index is 1130. The van der Waals surface area contributed by atoms with Gasteiger partial charge < -0.3 is 15.4 Å². The molecule has 3 aromatic rings. The van der Waals surface area contributed by atoms with E-state index in [1.54, 1.807) is 0 Å². The molecular weight excluding hydrogens is 464 g/mol. The van der Waals surface area contributed by atoms with Gasteiger partial charge in [0.15, 0.2) is 0 Å². The molecule has 4 rings (SSSR count). The number of hydrogen-bond acceptors (Lipinski definition) is 6. The summed E-state index contributed by atoms with van der Waals surface area (Å²) < 4.78 is 83.6. The Morgan fingerprint density at radius 2 is 1.50 bits per heavy atom. The van der Waals surface area contributed by atoms with Crippen molar-refractivity contribution in [3.05, 3.63) is 65.2 Å². The number of halogens is 6. The van der Waals surface area contributed by atoms with Gasteiger partial charge in [-0.1, -0.05) is 18.2 Å². The summed E-state index contributed by atoms with van der Waals surface area (Å²) in [5.74, 6) is 0.115. The predicted octanol–water partition coefficient (Wildman–Crippen LogP) is 6.20. The molecule has 0 radical (unpaired) electrons. The summed E-state index contributed by atoms with van der Waals surface area (Å²) in [5.41, 5.74) is -1.46. The maximum atomic E-state index is 13.2. The van der Waals surface area contributed by atoms with Crippen molar-refractivity contribution in [2.45, 2.75) is 44.3 Å². The van der Waals surface area contributed by atoms with Crippen molar-refractivity contribution in [2.24, 2.45) is 0 Å². The second-order valence-corrected chi connectivity index (χ2v) is 7.68. The van der Waals surface area contributed by atoms with Crippen molar-refractivity contribution in [1.29, 1.82) is 0 Å². The first-order valence-electron chi connectivity index (χ1n) is 10.3. The van der Waals surface area contributed by atoms with Crippen LogP contribution in [-0.2, 0) is 19.0 Å². The van der Waals surface area contributed by atoms with Crippen molar-refractivity contribution >= 4 is 17.6 Å². The Morgan fingerprint density at radius 3 is 2.12 bits per heavy atom. The van der Waals surface area contributed by atoms with Crippen molar-refractivity contribution in [2.75, 3.05) is 10.6 Å². The largest absolute Gasteiger partial charge is 0.458 e. The number of anilines is 3. The summed E-state index contributed by atoms with van der Waals surface area (Å²) >= 11 is 0. The number of nitrogens with one attached hydrogen (secondary N) is 2. The van der Waals surface area contributed by atoms with Crippen LogP contribution in [0.2, 0.25) is 0 Å². The summed E-state index contributed by atoms with van der Waals surface area (Å²) in [6, 6.07) is 9.13. The molecule has 1 aliphatic carbocycles. The molecule has 2 aromatic carbocycles. The quantitative estimate of drug-likeness (QED) is 0.390. The lowest BCUT2D eigenvalue weighted by Gasteiger charge is -2.26. The third-order valence-electron chi connectivity index (χ3n) is 5.20. The van der Waals surface area contributed by atoms with Gasteiger partial charge in [-0.05, 0) is 49.6 Å². The van der Waals surface area contributed by atoms with Crippen LogP contribution >= 0.6 is 0 Å². The molecule has 0 saturated heterocycles. The number of aromatic nitrogens is 3. The molecule has 6 nitrogen and oxygen atoms in total. The molecule has 1 saturated carbocycles. The van der Waals surface area contributed by atoms with Crippen LogP contribution in [0, 0.1) is 0 Å². The molecule has 1 heterocycles. The molecule has 0 spiro atoms. The third-order valence-corrected chi connectivity index (χ3v) is 5.20. The van der Waals surface area contributed by atoms with Gasteiger partial charge in [0.2, 0.25) is 11.9 Å². The van der Waals surface area contributed by atoms with Gasteiger partial charge in [-0.15, -0.1) is 0 Å². The lowest BCUT2D eigenvalue weighted by molar-refractivity contribution is -0.139. The highest BCUT2D eigenvalue weighted by atomic mass is 19.4. The highest BCUT2D eigenvalue weighted by molar-refractivity contribution is 5.55. The Morgan fingerprint density at radius 1 is 0.824 bits per heavy atom. The Balaban J connectivity index is 1.55. The molecule has 0 unspecified atom stereocenters. The molecule has 0 atom stereocenters. The monoisotopic (exact) mass is 483 g/mol. The van der Waals surface area contributed by atoms with E-state index in [9.17, 15) is 26.3 Å². The molecule has 2 N–H and O–H groups in total. The molecule has 0 bridgehead atoms. The van der Waals surface area contributed by atoms with E-state index >= 15 is 0 Å². The fraction of sp³-hybridized carbons (Fsp3) is 0.318. The first-order chi connectivity index (χ1) is 16.1. The molecule has 34 heavy (non-hydrogen) atoms. The zero-order chi connectivity index (χ0) is 24.3. The minimum absolute atomic E-state index is 0.0318. The van der Waals surface area contributed by atoms with E-state index in [4.69, 9.17) is 4.74 Å². The second-order valence-electron chi connectivity index (χ2n) is 7.68. The van der Waals surface area contributed by atoms with Crippen LogP contribution in [0.1, 0.15) is 36.0 Å². The number of ether oxygens (including phenoxy) is 1. The summed E-state index contributed by atoms with van der Waals surface area (Å²) in [7, 11) is 0. The smallest absolute Gasteiger partial charge is 0.416 e. The number of hydrogen-bond donors (Lipinski definition) is 2. The summed E-state index contributed by atoms with van der Waals surface area (Å²) in [6.07, 6.45) is -6.17. The van der Waals surface area contributed by atoms with Gasteiger partial charge in [0.25, 0.3) is 0 Å². The van der Waals surface area contributed by atoms with Gasteiger partial charge in [0, 0.05) is 17.3 Å². The van der Waals surface area contributed by atoms with E-state index in [0.29, 0.717) is 0 Å². The van der Waals surface area contributed by atoms with E-state index < -0.39 is 30.1 Å². The molecule has 12 heteroatoms. The van der Waals surface area contributed by atoms with Gasteiger partial charge in [-0.25, -0.2) is 0 Å². The fourth-order valence-electron chi connectivity index (χ4n) is 3.21. The Labute approximate surface area is 190 Å². The zero-order valence-corrected chi connectivity index (χ0v) is 17.5. The van der Waals surface area contributed by atoms with Gasteiger partial charge in [0.1, 0.15) is 6.61 Å². The molecule has 0 aliphatic heterocycles. The SMILES string of the molecule is FC(F)(F)c1ccc(Nc2nc(NC3CCC3)nc(OCc3ccccc3C(F)(F)F)n2)cc1. The zero-order valence-electron chi connectivity index (χ0n) is 17.5. The van der Waals surface area contributed by atoms with Crippen LogP contribution in [0.15, 0.2) is 48.5 Å². The first-order valence-corrected chi connectivity index (χ1v) is 10.3. The molecule has 180 valence electrons. The minimum Gasteiger partial charge on any atom is -0.458 e. The van der Waals surface area contributed by atoms with E-state index in [2.05, 4.69) is 25.6 Å². The third kappa shape index (κ3) is 5.86. The van der Waals surface area contributed by atoms with E-state index in [-0.39, 0.29) is 35.2 Å². The van der Waals surface area contributed by atoms with Gasteiger partial charge in [-0.2, -0.15) is 41.3 Å². The van der Waals surface area contributed by atoms with Crippen molar-refractivity contribution < 1.29 is 31.1 Å². The number of rotatable bonds is 7. The number of nitrogens with zero attached hydrogens (tertiary/aromatic N) is 3. The van der Waals surface area contributed by atoms with E-state index in [1.807, 2.05) is 0 Å². The van der Waals surface area contributed by atoms with Crippen LogP contribution in [0.5, 0.6) is 6.01 Å². The lowest BCUT2D eigenvalue weighted by atomic mass is 9.93. The average Bonchev–Trinajstić information content (AvgIpc) is 2.74. The predicted molar refractivity (Wildman–Crippen MR) is 112 cm³/mol. The molecule has 0 amide bonds. The topological polar surface area (TPSA) is 72.0 Å². The van der Waals surface area contributed by atoms with Crippen LogP contribution < -0.4 is 15.4 Å². The Kier molecular flexibility index (Phi) is 6.49. The van der Waals surface area contributed by atoms with Gasteiger partial charge >= 0.3 is 18.4 Å². The normalized spacial score (nSPS) is 14.4. The minimum atomic E-state index is -4.55. The number of alkyl halides is 6. The van der Waals surface area contributed by atoms with E-state index in [1.165, 1.54) is 30.3 Å². The van der Waals surface area contributed by atoms with Crippen LogP contribution in [0.25, 0.3) is 0 Å². The average molecular weight is 483 g/mol. The van der Waals surface area contributed by atoms with Crippen LogP contribution in [0.3, 0.4) is 0 Å². The molecular formula is C22H19F6N5O. The fourth-order valence-corrected chi connectivity index (χ4v) is 3.21. The van der Waals surface area contributed by atoms with Gasteiger partial charge in [-0.3, -0.25) is 0 Å². The summed E-state index contributed by atoms with van der Waals surface area (Å²) in [5, 5.41) is 5.87. The van der Waals surface area contributed by atoms with Crippen molar-refractivity contribution in [1.82, 2.24) is 15.0 Å². The second kappa shape index (κ2) is 9.35. The highest BCUT2D eigenvalue weighted by Gasteiger charge is 2.33. The van der Waals surface area contributed by atoms with Crippen LogP contribution in [-0.4, -0.2) is 21.0 Å². The summed E-state index contributed by atoms with van der Waals surface area (Å²) in [6.45, 7) is -0.442. The molecule has 1 aromatic heterocycles. The highest BCUT2D eigenvalue weighted by Crippen LogP contribution is 2.33. The maximum Gasteiger partial charge on any atom is 0.416 e. The maximum absolute atomic E-state index is 13.2. The molecule has 1 fully saturated rings. The van der Waals surface area contributed by atoms with Crippen molar-refractivity contribution in [3.8, 4) is 6.01 Å². The number of benzene rings is 2. The standard InChI is InChI=1S/C22H19F6N5O/c23-21(24,25)14-8-10-16(11-9-14)30-19-31-18(29-15-5-3-6-15)32-20(33-19)34-12-13-4-1-2-7-17(13)22(26,27)28/h1-2,4,7-11,15H,3,5-6,12H2,(H2,29,30,31,32,33). The summed E-state index contributed by atoms with van der Waals surface area (Å²) in [4.78, 5) is 12.4. The van der Waals surface area contributed by atoms with Crippen LogP contribution in [0.4, 0.5) is 43.9 Å². The van der Waals surface area contributed by atoms with E-state index in [0.717, 1.165) is 37.5 Å². The Hall–Kier alpha value is -3.57. The van der Waals surface area contributed by atoms with Crippen molar-refractivity contribution in [3.63, 3.8) is 0 Å². The molecule has 1 aliphatic rings. The first kappa shape index (κ1) is 23.6. The lowest BCUT2D eigenvalue weighted by Crippen LogP contribution is -2.28.